The van der Waals surface area contributed by atoms with Gasteiger partial charge in [0.25, 0.3) is 0 Å². The maximum atomic E-state index is 13.6. The van der Waals surface area contributed by atoms with Crippen LogP contribution in [0.1, 0.15) is 25.7 Å². The Hall–Kier alpha value is -1.18. The summed E-state index contributed by atoms with van der Waals surface area (Å²) in [5, 5.41) is 9.76. The molecule has 106 valence electrons. The zero-order chi connectivity index (χ0) is 14.0. The van der Waals surface area contributed by atoms with Gasteiger partial charge in [0.1, 0.15) is 10.7 Å². The average Bonchev–Trinajstić information content (AvgIpc) is 2.35. The van der Waals surface area contributed by atoms with E-state index in [2.05, 4.69) is 4.72 Å². The highest BCUT2D eigenvalue weighted by molar-refractivity contribution is 7.89. The van der Waals surface area contributed by atoms with Gasteiger partial charge in [0.15, 0.2) is 0 Å². The number of aliphatic hydroxyl groups is 1. The van der Waals surface area contributed by atoms with Crippen molar-refractivity contribution in [1.82, 2.24) is 4.72 Å². The van der Waals surface area contributed by atoms with E-state index < -0.39 is 32.9 Å². The number of nitrogen functional groups attached to an aromatic ring is 1. The Morgan fingerprint density at radius 2 is 2.00 bits per heavy atom. The fourth-order valence-electron chi connectivity index (χ4n) is 2.24. The van der Waals surface area contributed by atoms with Crippen LogP contribution in [0.5, 0.6) is 0 Å². The van der Waals surface area contributed by atoms with Crippen LogP contribution in [-0.4, -0.2) is 25.7 Å². The van der Waals surface area contributed by atoms with E-state index in [9.17, 15) is 17.9 Å². The quantitative estimate of drug-likeness (QED) is 0.723. The summed E-state index contributed by atoms with van der Waals surface area (Å²) in [6, 6.07) is 2.82. The van der Waals surface area contributed by atoms with Crippen molar-refractivity contribution >= 4 is 15.7 Å². The minimum absolute atomic E-state index is 0.172. The second-order valence-electron chi connectivity index (χ2n) is 4.77. The molecule has 0 saturated heterocycles. The second kappa shape index (κ2) is 5.44. The van der Waals surface area contributed by atoms with Crippen molar-refractivity contribution in [2.45, 2.75) is 42.7 Å². The maximum absolute atomic E-state index is 13.6. The standard InChI is InChI=1S/C12H17FN2O3S/c13-9-6-5-8(14)7-12(9)19(17,18)15-10-3-1-2-4-11(10)16/h5-7,10-11,15-16H,1-4,14H2. The molecule has 7 heteroatoms. The van der Waals surface area contributed by atoms with E-state index in [1.165, 1.54) is 6.07 Å². The third-order valence-electron chi connectivity index (χ3n) is 3.28. The van der Waals surface area contributed by atoms with Crippen molar-refractivity contribution in [3.8, 4) is 0 Å². The van der Waals surface area contributed by atoms with E-state index in [0.29, 0.717) is 12.8 Å². The van der Waals surface area contributed by atoms with Crippen LogP contribution >= 0.6 is 0 Å². The SMILES string of the molecule is Nc1ccc(F)c(S(=O)(=O)NC2CCCCC2O)c1. The number of hydrogen-bond acceptors (Lipinski definition) is 4. The first-order valence-electron chi connectivity index (χ1n) is 6.15. The van der Waals surface area contributed by atoms with Gasteiger partial charge in [0, 0.05) is 11.7 Å². The fraction of sp³-hybridized carbons (Fsp3) is 0.500. The first kappa shape index (κ1) is 14.2. The molecule has 1 aromatic rings. The largest absolute Gasteiger partial charge is 0.399 e. The van der Waals surface area contributed by atoms with Crippen molar-refractivity contribution in [3.05, 3.63) is 24.0 Å². The molecule has 0 radical (unpaired) electrons. The Labute approximate surface area is 111 Å². The summed E-state index contributed by atoms with van der Waals surface area (Å²) in [6.45, 7) is 0. The minimum Gasteiger partial charge on any atom is -0.399 e. The van der Waals surface area contributed by atoms with Crippen molar-refractivity contribution in [3.63, 3.8) is 0 Å². The first-order valence-corrected chi connectivity index (χ1v) is 7.64. The van der Waals surface area contributed by atoms with Crippen molar-refractivity contribution in [2.24, 2.45) is 0 Å². The summed E-state index contributed by atoms with van der Waals surface area (Å²) in [5.74, 6) is -0.855. The average molecular weight is 288 g/mol. The molecule has 1 fully saturated rings. The minimum atomic E-state index is -4.01. The number of aliphatic hydroxyl groups excluding tert-OH is 1. The van der Waals surface area contributed by atoms with E-state index in [0.717, 1.165) is 25.0 Å². The molecule has 1 aliphatic carbocycles. The zero-order valence-corrected chi connectivity index (χ0v) is 11.2. The summed E-state index contributed by atoms with van der Waals surface area (Å²) >= 11 is 0. The Balaban J connectivity index is 2.24. The van der Waals surface area contributed by atoms with Gasteiger partial charge in [-0.25, -0.2) is 17.5 Å². The molecule has 5 nitrogen and oxygen atoms in total. The van der Waals surface area contributed by atoms with Gasteiger partial charge in [0.05, 0.1) is 6.10 Å². The second-order valence-corrected chi connectivity index (χ2v) is 6.45. The maximum Gasteiger partial charge on any atom is 0.243 e. The topological polar surface area (TPSA) is 92.4 Å². The van der Waals surface area contributed by atoms with E-state index in [-0.39, 0.29) is 5.69 Å². The molecule has 0 heterocycles. The summed E-state index contributed by atoms with van der Waals surface area (Å²) in [6.07, 6.45) is 2.07. The molecule has 1 aromatic carbocycles. The molecule has 2 rings (SSSR count). The Kier molecular flexibility index (Phi) is 4.07. The van der Waals surface area contributed by atoms with Crippen LogP contribution in [0.15, 0.2) is 23.1 Å². The third-order valence-corrected chi connectivity index (χ3v) is 4.79. The highest BCUT2D eigenvalue weighted by atomic mass is 32.2. The normalized spacial score (nSPS) is 24.3. The highest BCUT2D eigenvalue weighted by Crippen LogP contribution is 2.22. The lowest BCUT2D eigenvalue weighted by Crippen LogP contribution is -2.45. The molecular formula is C12H17FN2O3S. The molecule has 0 bridgehead atoms. The summed E-state index contributed by atoms with van der Waals surface area (Å²) in [7, 11) is -4.01. The van der Waals surface area contributed by atoms with Crippen LogP contribution < -0.4 is 10.5 Å². The van der Waals surface area contributed by atoms with E-state index in [4.69, 9.17) is 5.73 Å². The summed E-state index contributed by atoms with van der Waals surface area (Å²) < 4.78 is 40.1. The number of benzene rings is 1. The van der Waals surface area contributed by atoms with Crippen molar-refractivity contribution in [2.75, 3.05) is 5.73 Å². The highest BCUT2D eigenvalue weighted by Gasteiger charge is 2.29. The number of nitrogens with one attached hydrogen (secondary N) is 1. The Morgan fingerprint density at radius 3 is 2.68 bits per heavy atom. The molecule has 1 aliphatic rings. The molecule has 4 N–H and O–H groups in total. The van der Waals surface area contributed by atoms with Crippen LogP contribution in [0.25, 0.3) is 0 Å². The molecule has 0 spiro atoms. The molecule has 1 saturated carbocycles. The number of rotatable bonds is 3. The zero-order valence-electron chi connectivity index (χ0n) is 10.3. The number of halogens is 1. The van der Waals surface area contributed by atoms with E-state index >= 15 is 0 Å². The lowest BCUT2D eigenvalue weighted by molar-refractivity contribution is 0.101. The molecule has 2 unspecified atom stereocenters. The molecule has 0 amide bonds. The molecule has 0 aromatic heterocycles. The molecule has 0 aliphatic heterocycles. The lowest BCUT2D eigenvalue weighted by atomic mass is 9.93. The van der Waals surface area contributed by atoms with Gasteiger partial charge < -0.3 is 10.8 Å². The predicted octanol–water partition coefficient (Wildman–Crippen LogP) is 0.990. The molecule has 2 atom stereocenters. The van der Waals surface area contributed by atoms with Crippen molar-refractivity contribution in [1.29, 1.82) is 0 Å². The Morgan fingerprint density at radius 1 is 1.32 bits per heavy atom. The number of sulfonamides is 1. The van der Waals surface area contributed by atoms with Crippen LogP contribution in [0.2, 0.25) is 0 Å². The van der Waals surface area contributed by atoms with Crippen molar-refractivity contribution < 1.29 is 17.9 Å². The van der Waals surface area contributed by atoms with Crippen LogP contribution in [0.3, 0.4) is 0 Å². The lowest BCUT2D eigenvalue weighted by Gasteiger charge is -2.28. The van der Waals surface area contributed by atoms with Gasteiger partial charge >= 0.3 is 0 Å². The molecule has 19 heavy (non-hydrogen) atoms. The van der Waals surface area contributed by atoms with Gasteiger partial charge in [-0.3, -0.25) is 0 Å². The monoisotopic (exact) mass is 288 g/mol. The third kappa shape index (κ3) is 3.23. The van der Waals surface area contributed by atoms with Crippen LogP contribution in [0.4, 0.5) is 10.1 Å². The summed E-state index contributed by atoms with van der Waals surface area (Å²) in [4.78, 5) is -0.481. The van der Waals surface area contributed by atoms with E-state index in [1.807, 2.05) is 0 Å². The van der Waals surface area contributed by atoms with Crippen LogP contribution in [-0.2, 0) is 10.0 Å². The number of hydrogen-bond donors (Lipinski definition) is 3. The van der Waals surface area contributed by atoms with Gasteiger partial charge in [-0.05, 0) is 31.0 Å². The van der Waals surface area contributed by atoms with Gasteiger partial charge in [-0.1, -0.05) is 12.8 Å². The van der Waals surface area contributed by atoms with Gasteiger partial charge in [-0.15, -0.1) is 0 Å². The first-order chi connectivity index (χ1) is 8.90. The van der Waals surface area contributed by atoms with E-state index in [1.54, 1.807) is 0 Å². The smallest absolute Gasteiger partial charge is 0.243 e. The molecular weight excluding hydrogens is 271 g/mol. The van der Waals surface area contributed by atoms with Gasteiger partial charge in [0.2, 0.25) is 10.0 Å². The Bertz CT molecular complexity index is 562. The number of anilines is 1. The summed E-state index contributed by atoms with van der Waals surface area (Å²) in [5.41, 5.74) is 5.65. The van der Waals surface area contributed by atoms with Gasteiger partial charge in [-0.2, -0.15) is 0 Å². The predicted molar refractivity (Wildman–Crippen MR) is 69.4 cm³/mol. The number of nitrogens with two attached hydrogens (primary N) is 1. The van der Waals surface area contributed by atoms with Crippen LogP contribution in [0, 0.1) is 5.82 Å². The fourth-order valence-corrected chi connectivity index (χ4v) is 3.65.